The van der Waals surface area contributed by atoms with Crippen LogP contribution >= 0.6 is 0 Å². The number of aliphatic hydroxyl groups is 1. The molecule has 0 bridgehead atoms. The Morgan fingerprint density at radius 1 is 1.50 bits per heavy atom. The molecule has 0 atom stereocenters. The summed E-state index contributed by atoms with van der Waals surface area (Å²) in [7, 11) is 0. The molecule has 1 N–H and O–H groups in total. The van der Waals surface area contributed by atoms with Gasteiger partial charge >= 0.3 is 11.9 Å². The van der Waals surface area contributed by atoms with Crippen molar-refractivity contribution in [3.8, 4) is 0 Å². The summed E-state index contributed by atoms with van der Waals surface area (Å²) in [4.78, 5) is 21.4. The summed E-state index contributed by atoms with van der Waals surface area (Å²) in [5, 5.41) is 8.35. The standard InChI is InChI=1S/C8H12O4/c1-6(2)8(11)12-7(10)4-3-5-9/h9H,1,3-5H2,2H3. The molecule has 0 radical (unpaired) electrons. The Kier molecular flexibility index (Phi) is 4.96. The highest BCUT2D eigenvalue weighted by atomic mass is 16.6. The maximum atomic E-state index is 10.7. The number of aliphatic hydroxyl groups excluding tert-OH is 1. The zero-order chi connectivity index (χ0) is 9.56. The maximum absolute atomic E-state index is 10.7. The molecule has 4 heteroatoms. The summed E-state index contributed by atoms with van der Waals surface area (Å²) >= 11 is 0. The van der Waals surface area contributed by atoms with Crippen LogP contribution in [0.3, 0.4) is 0 Å². The number of rotatable bonds is 4. The van der Waals surface area contributed by atoms with E-state index in [0.29, 0.717) is 6.42 Å². The smallest absolute Gasteiger partial charge is 0.340 e. The van der Waals surface area contributed by atoms with Crippen LogP contribution in [0, 0.1) is 0 Å². The Hall–Kier alpha value is -1.16. The molecule has 4 nitrogen and oxygen atoms in total. The highest BCUT2D eigenvalue weighted by Gasteiger charge is 2.09. The van der Waals surface area contributed by atoms with Crippen LogP contribution in [0.5, 0.6) is 0 Å². The lowest BCUT2D eigenvalue weighted by Crippen LogP contribution is -2.12. The normalized spacial score (nSPS) is 9.17. The molecule has 0 aromatic heterocycles. The molecule has 0 fully saturated rings. The highest BCUT2D eigenvalue weighted by molar-refractivity contribution is 5.95. The fraction of sp³-hybridized carbons (Fsp3) is 0.500. The Morgan fingerprint density at radius 2 is 2.08 bits per heavy atom. The summed E-state index contributed by atoms with van der Waals surface area (Å²) in [6.45, 7) is 4.69. The molecule has 0 rings (SSSR count). The fourth-order valence-electron chi connectivity index (χ4n) is 0.465. The summed E-state index contributed by atoms with van der Waals surface area (Å²) in [5.41, 5.74) is 0.187. The van der Waals surface area contributed by atoms with Crippen LogP contribution in [0.4, 0.5) is 0 Å². The molecule has 0 saturated carbocycles. The minimum Gasteiger partial charge on any atom is -0.396 e. The van der Waals surface area contributed by atoms with Crippen LogP contribution in [-0.4, -0.2) is 23.7 Å². The Bertz CT molecular complexity index is 195. The number of hydrogen-bond donors (Lipinski definition) is 1. The van der Waals surface area contributed by atoms with Gasteiger partial charge in [0, 0.05) is 18.6 Å². The predicted molar refractivity (Wildman–Crippen MR) is 42.2 cm³/mol. The number of carbonyl (C=O) groups excluding carboxylic acids is 2. The number of esters is 2. The van der Waals surface area contributed by atoms with Crippen LogP contribution in [0.1, 0.15) is 19.8 Å². The first kappa shape index (κ1) is 10.8. The van der Waals surface area contributed by atoms with Crippen molar-refractivity contribution in [1.29, 1.82) is 0 Å². The van der Waals surface area contributed by atoms with Crippen molar-refractivity contribution in [2.75, 3.05) is 6.61 Å². The SMILES string of the molecule is C=C(C)C(=O)OC(=O)CCCO. The summed E-state index contributed by atoms with van der Waals surface area (Å²) in [6, 6.07) is 0. The highest BCUT2D eigenvalue weighted by Crippen LogP contribution is 1.96. The molecule has 0 spiro atoms. The van der Waals surface area contributed by atoms with E-state index < -0.39 is 11.9 Å². The Morgan fingerprint density at radius 3 is 2.50 bits per heavy atom. The minimum atomic E-state index is -0.710. The van der Waals surface area contributed by atoms with E-state index in [0.717, 1.165) is 0 Å². The summed E-state index contributed by atoms with van der Waals surface area (Å²) in [5.74, 6) is -1.34. The van der Waals surface area contributed by atoms with Crippen molar-refractivity contribution >= 4 is 11.9 Å². The van der Waals surface area contributed by atoms with Gasteiger partial charge in [0.1, 0.15) is 0 Å². The van der Waals surface area contributed by atoms with E-state index in [1.807, 2.05) is 0 Å². The summed E-state index contributed by atoms with van der Waals surface area (Å²) in [6.07, 6.45) is 0.359. The lowest BCUT2D eigenvalue weighted by Gasteiger charge is -2.00. The van der Waals surface area contributed by atoms with Crippen molar-refractivity contribution in [2.45, 2.75) is 19.8 Å². The van der Waals surface area contributed by atoms with Crippen molar-refractivity contribution in [3.63, 3.8) is 0 Å². The summed E-state index contributed by atoms with van der Waals surface area (Å²) < 4.78 is 4.33. The van der Waals surface area contributed by atoms with Gasteiger partial charge in [-0.2, -0.15) is 0 Å². The average molecular weight is 172 g/mol. The van der Waals surface area contributed by atoms with Gasteiger partial charge in [0.2, 0.25) is 0 Å². The number of ether oxygens (including phenoxy) is 1. The second kappa shape index (κ2) is 5.49. The van der Waals surface area contributed by atoms with Gasteiger partial charge in [-0.15, -0.1) is 0 Å². The molecule has 0 heterocycles. The van der Waals surface area contributed by atoms with Gasteiger partial charge in [0.15, 0.2) is 0 Å². The second-order valence-corrected chi connectivity index (χ2v) is 2.37. The van der Waals surface area contributed by atoms with Crippen LogP contribution in [0.15, 0.2) is 12.2 Å². The predicted octanol–water partition coefficient (Wildman–Crippen LogP) is 0.405. The average Bonchev–Trinajstić information content (AvgIpc) is 2.00. The molecule has 68 valence electrons. The van der Waals surface area contributed by atoms with Gasteiger partial charge in [0.25, 0.3) is 0 Å². The molecule has 0 unspecified atom stereocenters. The van der Waals surface area contributed by atoms with Crippen LogP contribution in [0.2, 0.25) is 0 Å². The third-order valence-corrected chi connectivity index (χ3v) is 1.09. The van der Waals surface area contributed by atoms with Crippen LogP contribution in [0.25, 0.3) is 0 Å². The largest absolute Gasteiger partial charge is 0.396 e. The monoisotopic (exact) mass is 172 g/mol. The van der Waals surface area contributed by atoms with Gasteiger partial charge < -0.3 is 9.84 Å². The first-order valence-corrected chi connectivity index (χ1v) is 3.59. The zero-order valence-electron chi connectivity index (χ0n) is 7.00. The van der Waals surface area contributed by atoms with Crippen molar-refractivity contribution < 1.29 is 19.4 Å². The minimum absolute atomic E-state index is 0.0511. The molecule has 0 aliphatic carbocycles. The van der Waals surface area contributed by atoms with E-state index >= 15 is 0 Å². The number of hydrogen-bond acceptors (Lipinski definition) is 4. The Balaban J connectivity index is 3.69. The van der Waals surface area contributed by atoms with Gasteiger partial charge in [-0.05, 0) is 13.3 Å². The lowest BCUT2D eigenvalue weighted by atomic mass is 10.3. The second-order valence-electron chi connectivity index (χ2n) is 2.37. The van der Waals surface area contributed by atoms with E-state index in [4.69, 9.17) is 5.11 Å². The zero-order valence-corrected chi connectivity index (χ0v) is 7.00. The fourth-order valence-corrected chi connectivity index (χ4v) is 0.465. The van der Waals surface area contributed by atoms with E-state index in [9.17, 15) is 9.59 Å². The Labute approximate surface area is 70.8 Å². The molecule has 0 saturated heterocycles. The van der Waals surface area contributed by atoms with Crippen molar-refractivity contribution in [2.24, 2.45) is 0 Å². The van der Waals surface area contributed by atoms with Gasteiger partial charge in [-0.3, -0.25) is 4.79 Å². The van der Waals surface area contributed by atoms with Crippen molar-refractivity contribution in [3.05, 3.63) is 12.2 Å². The van der Waals surface area contributed by atoms with E-state index in [1.165, 1.54) is 6.92 Å². The third-order valence-electron chi connectivity index (χ3n) is 1.09. The van der Waals surface area contributed by atoms with E-state index in [-0.39, 0.29) is 18.6 Å². The molecule has 0 aliphatic heterocycles. The van der Waals surface area contributed by atoms with Crippen molar-refractivity contribution in [1.82, 2.24) is 0 Å². The van der Waals surface area contributed by atoms with Gasteiger partial charge in [-0.1, -0.05) is 6.58 Å². The third kappa shape index (κ3) is 4.62. The van der Waals surface area contributed by atoms with Gasteiger partial charge in [0.05, 0.1) is 0 Å². The first-order valence-electron chi connectivity index (χ1n) is 3.59. The van der Waals surface area contributed by atoms with Gasteiger partial charge in [-0.25, -0.2) is 4.79 Å². The maximum Gasteiger partial charge on any atom is 0.340 e. The van der Waals surface area contributed by atoms with E-state index in [2.05, 4.69) is 11.3 Å². The molecule has 0 aliphatic rings. The molecular formula is C8H12O4. The number of carbonyl (C=O) groups is 2. The lowest BCUT2D eigenvalue weighted by molar-refractivity contribution is -0.157. The van der Waals surface area contributed by atoms with Crippen LogP contribution < -0.4 is 0 Å². The quantitative estimate of drug-likeness (QED) is 0.379. The molecule has 0 amide bonds. The molecule has 0 aromatic rings. The molecule has 12 heavy (non-hydrogen) atoms. The van der Waals surface area contributed by atoms with Crippen LogP contribution in [-0.2, 0) is 14.3 Å². The first-order chi connectivity index (χ1) is 5.57. The molecule has 0 aromatic carbocycles. The molecular weight excluding hydrogens is 160 g/mol. The van der Waals surface area contributed by atoms with E-state index in [1.54, 1.807) is 0 Å². The topological polar surface area (TPSA) is 63.6 Å².